The third-order valence-corrected chi connectivity index (χ3v) is 4.80. The molecule has 1 aromatic carbocycles. The Bertz CT molecular complexity index is 509. The van der Waals surface area contributed by atoms with Crippen LogP contribution in [0.1, 0.15) is 43.5 Å². The topological polar surface area (TPSA) is 43.4 Å². The van der Waals surface area contributed by atoms with Gasteiger partial charge in [0.1, 0.15) is 0 Å². The van der Waals surface area contributed by atoms with Gasteiger partial charge in [-0.2, -0.15) is 0 Å². The summed E-state index contributed by atoms with van der Waals surface area (Å²) in [5.74, 6) is 0.454. The first-order chi connectivity index (χ1) is 9.97. The second-order valence-corrected chi connectivity index (χ2v) is 6.96. The molecule has 4 heteroatoms. The van der Waals surface area contributed by atoms with Crippen LogP contribution in [0.2, 0.25) is 0 Å². The van der Waals surface area contributed by atoms with Gasteiger partial charge in [-0.1, -0.05) is 48.3 Å². The molecule has 1 fully saturated rings. The number of Topliss-reactive ketones (excluding diaryl/α,β-unsaturated/α-hetero) is 1. The Kier molecular flexibility index (Phi) is 5.57. The van der Waals surface area contributed by atoms with Gasteiger partial charge in [-0.15, -0.1) is 0 Å². The standard InChI is InChI=1S/C17H21BrO3/c1-11-3-4-12(2)15(9-11)17(20)21-10-16(19)13-5-7-14(18)8-6-13/h5-8,11-12,15H,3-4,9-10H2,1-2H3. The third-order valence-electron chi connectivity index (χ3n) is 4.27. The van der Waals surface area contributed by atoms with Crippen molar-refractivity contribution >= 4 is 27.7 Å². The highest BCUT2D eigenvalue weighted by atomic mass is 79.9. The van der Waals surface area contributed by atoms with Gasteiger partial charge >= 0.3 is 5.97 Å². The van der Waals surface area contributed by atoms with Crippen molar-refractivity contribution in [3.05, 3.63) is 34.3 Å². The first kappa shape index (κ1) is 16.2. The van der Waals surface area contributed by atoms with E-state index in [0.717, 1.165) is 17.3 Å². The summed E-state index contributed by atoms with van der Waals surface area (Å²) in [6, 6.07) is 7.07. The number of rotatable bonds is 4. The Morgan fingerprint density at radius 1 is 1.19 bits per heavy atom. The number of benzene rings is 1. The zero-order valence-corrected chi connectivity index (χ0v) is 14.1. The van der Waals surface area contributed by atoms with Gasteiger partial charge in [0.25, 0.3) is 0 Å². The Morgan fingerprint density at radius 2 is 1.86 bits per heavy atom. The Hall–Kier alpha value is -1.16. The van der Waals surface area contributed by atoms with E-state index in [1.807, 2.05) is 0 Å². The number of halogens is 1. The molecule has 0 bridgehead atoms. The molecule has 0 aliphatic heterocycles. The van der Waals surface area contributed by atoms with Crippen LogP contribution in [-0.4, -0.2) is 18.4 Å². The number of hydrogen-bond acceptors (Lipinski definition) is 3. The summed E-state index contributed by atoms with van der Waals surface area (Å²) in [5, 5.41) is 0. The molecule has 1 aliphatic rings. The zero-order valence-electron chi connectivity index (χ0n) is 12.5. The highest BCUT2D eigenvalue weighted by molar-refractivity contribution is 9.10. The summed E-state index contributed by atoms with van der Waals surface area (Å²) in [5.41, 5.74) is 0.566. The van der Waals surface area contributed by atoms with E-state index >= 15 is 0 Å². The van der Waals surface area contributed by atoms with E-state index in [9.17, 15) is 9.59 Å². The van der Waals surface area contributed by atoms with Gasteiger partial charge in [0.05, 0.1) is 5.92 Å². The van der Waals surface area contributed by atoms with Crippen molar-refractivity contribution in [3.63, 3.8) is 0 Å². The molecular weight excluding hydrogens is 332 g/mol. The van der Waals surface area contributed by atoms with E-state index < -0.39 is 0 Å². The first-order valence-electron chi connectivity index (χ1n) is 7.42. The summed E-state index contributed by atoms with van der Waals surface area (Å²) in [7, 11) is 0. The molecule has 0 amide bonds. The monoisotopic (exact) mass is 352 g/mol. The number of hydrogen-bond donors (Lipinski definition) is 0. The summed E-state index contributed by atoms with van der Waals surface area (Å²) >= 11 is 3.32. The second-order valence-electron chi connectivity index (χ2n) is 6.04. The summed E-state index contributed by atoms with van der Waals surface area (Å²) in [4.78, 5) is 24.2. The van der Waals surface area contributed by atoms with Crippen LogP contribution < -0.4 is 0 Å². The largest absolute Gasteiger partial charge is 0.457 e. The lowest BCUT2D eigenvalue weighted by molar-refractivity contribution is -0.151. The molecule has 0 radical (unpaired) electrons. The predicted octanol–water partition coefficient (Wildman–Crippen LogP) is 4.25. The lowest BCUT2D eigenvalue weighted by Crippen LogP contribution is -2.31. The highest BCUT2D eigenvalue weighted by Gasteiger charge is 2.32. The maximum atomic E-state index is 12.2. The molecular formula is C17H21BrO3. The van der Waals surface area contributed by atoms with Crippen LogP contribution in [0.4, 0.5) is 0 Å². The van der Waals surface area contributed by atoms with Gasteiger partial charge in [-0.25, -0.2) is 0 Å². The molecule has 3 unspecified atom stereocenters. The lowest BCUT2D eigenvalue weighted by Gasteiger charge is -2.30. The van der Waals surface area contributed by atoms with Gasteiger partial charge in [0, 0.05) is 10.0 Å². The van der Waals surface area contributed by atoms with Crippen molar-refractivity contribution in [3.8, 4) is 0 Å². The van der Waals surface area contributed by atoms with E-state index in [-0.39, 0.29) is 24.3 Å². The Morgan fingerprint density at radius 3 is 2.52 bits per heavy atom. The minimum absolute atomic E-state index is 0.0635. The molecule has 2 rings (SSSR count). The van der Waals surface area contributed by atoms with Crippen molar-refractivity contribution in [2.24, 2.45) is 17.8 Å². The summed E-state index contributed by atoms with van der Waals surface area (Å²) < 4.78 is 6.16. The van der Waals surface area contributed by atoms with Crippen LogP contribution in [0, 0.1) is 17.8 Å². The van der Waals surface area contributed by atoms with Crippen molar-refractivity contribution < 1.29 is 14.3 Å². The van der Waals surface area contributed by atoms with Crippen molar-refractivity contribution in [1.82, 2.24) is 0 Å². The van der Waals surface area contributed by atoms with Crippen LogP contribution in [-0.2, 0) is 9.53 Å². The zero-order chi connectivity index (χ0) is 15.4. The van der Waals surface area contributed by atoms with Crippen molar-refractivity contribution in [2.45, 2.75) is 33.1 Å². The molecule has 1 aliphatic carbocycles. The molecule has 0 aromatic heterocycles. The van der Waals surface area contributed by atoms with Crippen LogP contribution in [0.15, 0.2) is 28.7 Å². The molecule has 0 saturated heterocycles. The van der Waals surface area contributed by atoms with E-state index in [1.165, 1.54) is 6.42 Å². The molecule has 1 aromatic rings. The van der Waals surface area contributed by atoms with Gasteiger partial charge in [0.15, 0.2) is 12.4 Å². The average Bonchev–Trinajstić information content (AvgIpc) is 2.47. The number of ether oxygens (including phenoxy) is 1. The van der Waals surface area contributed by atoms with E-state index in [2.05, 4.69) is 29.8 Å². The molecule has 1 saturated carbocycles. The molecule has 21 heavy (non-hydrogen) atoms. The van der Waals surface area contributed by atoms with E-state index in [4.69, 9.17) is 4.74 Å². The smallest absolute Gasteiger partial charge is 0.309 e. The molecule has 0 spiro atoms. The maximum absolute atomic E-state index is 12.2. The average molecular weight is 353 g/mol. The quantitative estimate of drug-likeness (QED) is 0.600. The number of carbonyl (C=O) groups is 2. The summed E-state index contributed by atoms with van der Waals surface area (Å²) in [6.07, 6.45) is 3.09. The fraction of sp³-hybridized carbons (Fsp3) is 0.529. The van der Waals surface area contributed by atoms with Gasteiger partial charge in [0.2, 0.25) is 0 Å². The highest BCUT2D eigenvalue weighted by Crippen LogP contribution is 2.34. The Balaban J connectivity index is 1.88. The molecule has 0 heterocycles. The van der Waals surface area contributed by atoms with Crippen LogP contribution >= 0.6 is 15.9 Å². The van der Waals surface area contributed by atoms with Gasteiger partial charge < -0.3 is 4.74 Å². The molecule has 114 valence electrons. The van der Waals surface area contributed by atoms with Crippen LogP contribution in [0.3, 0.4) is 0 Å². The van der Waals surface area contributed by atoms with Crippen molar-refractivity contribution in [1.29, 1.82) is 0 Å². The Labute approximate surface area is 134 Å². The fourth-order valence-corrected chi connectivity index (χ4v) is 3.09. The molecule has 3 atom stereocenters. The first-order valence-corrected chi connectivity index (χ1v) is 8.22. The fourth-order valence-electron chi connectivity index (χ4n) is 2.82. The van der Waals surface area contributed by atoms with Crippen LogP contribution in [0.5, 0.6) is 0 Å². The minimum atomic E-state index is -0.223. The van der Waals surface area contributed by atoms with E-state index in [0.29, 0.717) is 17.4 Å². The number of carbonyl (C=O) groups excluding carboxylic acids is 2. The van der Waals surface area contributed by atoms with Crippen molar-refractivity contribution in [2.75, 3.05) is 6.61 Å². The maximum Gasteiger partial charge on any atom is 0.309 e. The number of ketones is 1. The third kappa shape index (κ3) is 4.40. The SMILES string of the molecule is CC1CCC(C)C(C(=O)OCC(=O)c2ccc(Br)cc2)C1. The van der Waals surface area contributed by atoms with E-state index in [1.54, 1.807) is 24.3 Å². The summed E-state index contributed by atoms with van der Waals surface area (Å²) in [6.45, 7) is 4.09. The normalized spacial score (nSPS) is 25.4. The second kappa shape index (κ2) is 7.21. The minimum Gasteiger partial charge on any atom is -0.457 e. The van der Waals surface area contributed by atoms with Gasteiger partial charge in [-0.05, 0) is 36.8 Å². The predicted molar refractivity (Wildman–Crippen MR) is 85.1 cm³/mol. The van der Waals surface area contributed by atoms with Gasteiger partial charge in [-0.3, -0.25) is 9.59 Å². The molecule has 3 nitrogen and oxygen atoms in total. The van der Waals surface area contributed by atoms with Crippen LogP contribution in [0.25, 0.3) is 0 Å². The lowest BCUT2D eigenvalue weighted by atomic mass is 9.75. The number of esters is 1. The molecule has 0 N–H and O–H groups in total.